The van der Waals surface area contributed by atoms with E-state index in [1.807, 2.05) is 0 Å². The Balaban J connectivity index is 4.28. The van der Waals surface area contributed by atoms with E-state index in [0.717, 1.165) is 77.0 Å². The van der Waals surface area contributed by atoms with E-state index >= 15 is 0 Å². The lowest BCUT2D eigenvalue weighted by atomic mass is 10.1. The van der Waals surface area contributed by atoms with Gasteiger partial charge in [-0.2, -0.15) is 0 Å². The molecule has 0 bridgehead atoms. The van der Waals surface area contributed by atoms with Crippen molar-refractivity contribution < 1.29 is 28.6 Å². The van der Waals surface area contributed by atoms with Crippen LogP contribution >= 0.6 is 0 Å². The van der Waals surface area contributed by atoms with Gasteiger partial charge in [0.2, 0.25) is 0 Å². The zero-order chi connectivity index (χ0) is 39.4. The summed E-state index contributed by atoms with van der Waals surface area (Å²) >= 11 is 0. The van der Waals surface area contributed by atoms with Crippen LogP contribution in [0.3, 0.4) is 0 Å². The van der Waals surface area contributed by atoms with Crippen LogP contribution in [-0.4, -0.2) is 37.2 Å². The number of ether oxygens (including phenoxy) is 3. The van der Waals surface area contributed by atoms with E-state index < -0.39 is 6.10 Å². The molecule has 0 aromatic carbocycles. The van der Waals surface area contributed by atoms with E-state index in [1.165, 1.54) is 128 Å². The van der Waals surface area contributed by atoms with Crippen LogP contribution in [0.1, 0.15) is 245 Å². The predicted octanol–water partition coefficient (Wildman–Crippen LogP) is 14.8. The van der Waals surface area contributed by atoms with Crippen LogP contribution in [0.15, 0.2) is 24.3 Å². The summed E-state index contributed by atoms with van der Waals surface area (Å²) in [5.74, 6) is -0.887. The first-order chi connectivity index (χ1) is 26.5. The predicted molar refractivity (Wildman–Crippen MR) is 229 cm³/mol. The first-order valence-electron chi connectivity index (χ1n) is 23.3. The summed E-state index contributed by atoms with van der Waals surface area (Å²) in [5, 5.41) is 0. The van der Waals surface area contributed by atoms with Crippen molar-refractivity contribution >= 4 is 17.9 Å². The lowest BCUT2D eigenvalue weighted by Crippen LogP contribution is -2.30. The maximum Gasteiger partial charge on any atom is 0.306 e. The molecule has 0 aliphatic carbocycles. The third-order valence-corrected chi connectivity index (χ3v) is 10.2. The molecule has 0 rings (SSSR count). The van der Waals surface area contributed by atoms with Gasteiger partial charge in [0.15, 0.2) is 6.10 Å². The maximum atomic E-state index is 12.7. The molecule has 0 aromatic heterocycles. The number of allylic oxidation sites excluding steroid dienone is 4. The number of hydrogen-bond acceptors (Lipinski definition) is 6. The van der Waals surface area contributed by atoms with Crippen LogP contribution in [0.4, 0.5) is 0 Å². The van der Waals surface area contributed by atoms with Crippen molar-refractivity contribution in [3.8, 4) is 0 Å². The molecule has 0 aliphatic heterocycles. The molecule has 0 aromatic rings. The maximum absolute atomic E-state index is 12.7. The Labute approximate surface area is 334 Å². The summed E-state index contributed by atoms with van der Waals surface area (Å²) in [5.41, 5.74) is 0. The molecule has 54 heavy (non-hydrogen) atoms. The summed E-state index contributed by atoms with van der Waals surface area (Å²) in [6.45, 7) is 6.54. The van der Waals surface area contributed by atoms with E-state index in [1.54, 1.807) is 0 Å². The van der Waals surface area contributed by atoms with Crippen molar-refractivity contribution in [1.29, 1.82) is 0 Å². The average Bonchev–Trinajstić information content (AvgIpc) is 3.17. The SMILES string of the molecule is CCC/C=C\CCCCCCCC(=O)OC(COC(=O)CCCCCCCCC/C=C\CCCCCCCC)COC(=O)CCCCCCCCCCC. The summed E-state index contributed by atoms with van der Waals surface area (Å²) in [6.07, 6.45) is 47.4. The Morgan fingerprint density at radius 2 is 0.648 bits per heavy atom. The normalized spacial score (nSPS) is 12.1. The molecule has 1 atom stereocenters. The van der Waals surface area contributed by atoms with Crippen LogP contribution in [0.2, 0.25) is 0 Å². The fraction of sp³-hybridized carbons (Fsp3) is 0.854. The minimum absolute atomic E-state index is 0.0737. The number of unbranched alkanes of at least 4 members (excludes halogenated alkanes) is 27. The number of esters is 3. The molecule has 0 radical (unpaired) electrons. The van der Waals surface area contributed by atoms with Gasteiger partial charge >= 0.3 is 17.9 Å². The molecule has 0 amide bonds. The second-order valence-corrected chi connectivity index (χ2v) is 15.7. The van der Waals surface area contributed by atoms with Crippen molar-refractivity contribution in [2.45, 2.75) is 252 Å². The number of carbonyl (C=O) groups excluding carboxylic acids is 3. The quantitative estimate of drug-likeness (QED) is 0.0267. The fourth-order valence-electron chi connectivity index (χ4n) is 6.61. The fourth-order valence-corrected chi connectivity index (χ4v) is 6.61. The molecule has 0 N–H and O–H groups in total. The molecule has 0 heterocycles. The highest BCUT2D eigenvalue weighted by molar-refractivity contribution is 5.71. The Hall–Kier alpha value is -2.11. The number of carbonyl (C=O) groups is 3. The molecule has 0 aliphatic rings. The van der Waals surface area contributed by atoms with Crippen molar-refractivity contribution in [3.63, 3.8) is 0 Å². The smallest absolute Gasteiger partial charge is 0.306 e. The molecule has 0 saturated carbocycles. The third kappa shape index (κ3) is 41.1. The Bertz CT molecular complexity index is 880. The summed E-state index contributed by atoms with van der Waals surface area (Å²) < 4.78 is 16.7. The van der Waals surface area contributed by atoms with Gasteiger partial charge in [-0.15, -0.1) is 0 Å². The standard InChI is InChI=1S/C48H88O6/c1-4-7-10-13-16-19-21-22-23-24-25-26-27-30-32-35-38-41-47(50)53-44-45(43-52-46(49)40-37-34-31-28-18-15-12-9-6-3)54-48(51)42-39-36-33-29-20-17-14-11-8-5-2/h11,14,22-23,45H,4-10,12-13,15-21,24-44H2,1-3H3/b14-11-,23-22-. The van der Waals surface area contributed by atoms with Crippen LogP contribution in [-0.2, 0) is 28.6 Å². The minimum Gasteiger partial charge on any atom is -0.462 e. The van der Waals surface area contributed by atoms with Gasteiger partial charge in [0, 0.05) is 19.3 Å². The second-order valence-electron chi connectivity index (χ2n) is 15.7. The van der Waals surface area contributed by atoms with Crippen LogP contribution in [0, 0.1) is 0 Å². The largest absolute Gasteiger partial charge is 0.462 e. The van der Waals surface area contributed by atoms with Gasteiger partial charge in [0.25, 0.3) is 0 Å². The van der Waals surface area contributed by atoms with Gasteiger partial charge < -0.3 is 14.2 Å². The zero-order valence-electron chi connectivity index (χ0n) is 36.0. The Morgan fingerprint density at radius 1 is 0.352 bits per heavy atom. The van der Waals surface area contributed by atoms with Crippen molar-refractivity contribution in [3.05, 3.63) is 24.3 Å². The average molecular weight is 761 g/mol. The van der Waals surface area contributed by atoms with Crippen LogP contribution in [0.25, 0.3) is 0 Å². The van der Waals surface area contributed by atoms with Crippen molar-refractivity contribution in [1.82, 2.24) is 0 Å². The van der Waals surface area contributed by atoms with Gasteiger partial charge in [-0.05, 0) is 64.2 Å². The summed E-state index contributed by atoms with van der Waals surface area (Å²) in [4.78, 5) is 37.6. The molecule has 316 valence electrons. The molecule has 6 heteroatoms. The van der Waals surface area contributed by atoms with E-state index in [2.05, 4.69) is 45.1 Å². The molecule has 0 saturated heterocycles. The highest BCUT2D eigenvalue weighted by Gasteiger charge is 2.19. The molecule has 0 fully saturated rings. The first-order valence-corrected chi connectivity index (χ1v) is 23.3. The minimum atomic E-state index is -0.770. The number of hydrogen-bond donors (Lipinski definition) is 0. The summed E-state index contributed by atoms with van der Waals surface area (Å²) in [7, 11) is 0. The highest BCUT2D eigenvalue weighted by atomic mass is 16.6. The summed E-state index contributed by atoms with van der Waals surface area (Å²) in [6, 6.07) is 0. The third-order valence-electron chi connectivity index (χ3n) is 10.2. The number of rotatable bonds is 42. The lowest BCUT2D eigenvalue weighted by molar-refractivity contribution is -0.167. The van der Waals surface area contributed by atoms with Crippen LogP contribution in [0.5, 0.6) is 0 Å². The van der Waals surface area contributed by atoms with Gasteiger partial charge in [-0.3, -0.25) is 14.4 Å². The molecule has 0 spiro atoms. The van der Waals surface area contributed by atoms with Gasteiger partial charge in [0.1, 0.15) is 13.2 Å². The van der Waals surface area contributed by atoms with E-state index in [0.29, 0.717) is 19.3 Å². The first kappa shape index (κ1) is 51.9. The van der Waals surface area contributed by atoms with Gasteiger partial charge in [0.05, 0.1) is 0 Å². The molecule has 1 unspecified atom stereocenters. The molecule has 6 nitrogen and oxygen atoms in total. The van der Waals surface area contributed by atoms with E-state index in [4.69, 9.17) is 14.2 Å². The Morgan fingerprint density at radius 3 is 1.00 bits per heavy atom. The second kappa shape index (κ2) is 43.6. The molecular formula is C48H88O6. The topological polar surface area (TPSA) is 78.9 Å². The Kier molecular flexibility index (Phi) is 41.9. The van der Waals surface area contributed by atoms with Crippen molar-refractivity contribution in [2.75, 3.05) is 13.2 Å². The lowest BCUT2D eigenvalue weighted by Gasteiger charge is -2.18. The monoisotopic (exact) mass is 761 g/mol. The van der Waals surface area contributed by atoms with E-state index in [-0.39, 0.29) is 31.1 Å². The molecular weight excluding hydrogens is 673 g/mol. The van der Waals surface area contributed by atoms with Gasteiger partial charge in [-0.25, -0.2) is 0 Å². The van der Waals surface area contributed by atoms with Gasteiger partial charge in [-0.1, -0.05) is 186 Å². The highest BCUT2D eigenvalue weighted by Crippen LogP contribution is 2.14. The van der Waals surface area contributed by atoms with Crippen molar-refractivity contribution in [2.24, 2.45) is 0 Å². The zero-order valence-corrected chi connectivity index (χ0v) is 36.0. The van der Waals surface area contributed by atoms with Crippen LogP contribution < -0.4 is 0 Å². The van der Waals surface area contributed by atoms with E-state index in [9.17, 15) is 14.4 Å².